The molecule has 3 heteroatoms. The molecule has 1 nitrogen and oxygen atoms in total. The van der Waals surface area contributed by atoms with E-state index >= 15 is 0 Å². The summed E-state index contributed by atoms with van der Waals surface area (Å²) in [5, 5.41) is 0. The zero-order valence-corrected chi connectivity index (χ0v) is 3.96. The maximum Gasteiger partial charge on any atom is 0.187 e. The van der Waals surface area contributed by atoms with Gasteiger partial charge in [0.25, 0.3) is 0 Å². The molecule has 0 heterocycles. The van der Waals surface area contributed by atoms with Crippen LogP contribution in [0.2, 0.25) is 0 Å². The van der Waals surface area contributed by atoms with Gasteiger partial charge in [0.1, 0.15) is 0 Å². The lowest BCUT2D eigenvalue weighted by atomic mass is 10.1. The third-order valence-electron chi connectivity index (χ3n) is 0.156. The van der Waals surface area contributed by atoms with Crippen molar-refractivity contribution in [2.75, 3.05) is 0 Å². The second-order valence-electron chi connectivity index (χ2n) is 0.793. The molecule has 5 heavy (non-hydrogen) atoms. The molecule has 0 atom stereocenters. The molecule has 0 aromatic rings. The first-order valence-electron chi connectivity index (χ1n) is 1.24. The Morgan fingerprint density at radius 1 is 2.00 bits per heavy atom. The van der Waals surface area contributed by atoms with E-state index in [9.17, 15) is 0 Å². The lowest BCUT2D eigenvalue weighted by molar-refractivity contribution is 0.558. The SMILES string of the molecule is BC(=C)OS. The third kappa shape index (κ3) is 3.95. The molecule has 0 unspecified atom stereocenters. The highest BCUT2D eigenvalue weighted by atomic mass is 32.1. The molecular weight excluding hydrogens is 82.9 g/mol. The summed E-state index contributed by atoms with van der Waals surface area (Å²) in [5.41, 5.74) is 0.619. The van der Waals surface area contributed by atoms with E-state index < -0.39 is 0 Å². The Labute approximate surface area is 38.0 Å². The van der Waals surface area contributed by atoms with Gasteiger partial charge < -0.3 is 4.18 Å². The molecule has 0 N–H and O–H groups in total. The van der Waals surface area contributed by atoms with Gasteiger partial charge in [0.05, 0.1) is 5.66 Å². The highest BCUT2D eigenvalue weighted by Gasteiger charge is 1.68. The van der Waals surface area contributed by atoms with Gasteiger partial charge in [-0.05, 0) is 0 Å². The number of hydrogen-bond donors (Lipinski definition) is 1. The fraction of sp³-hybridized carbons (Fsp3) is 0. The Morgan fingerprint density at radius 2 is 2.20 bits per heavy atom. The Balaban J connectivity index is 2.85. The smallest absolute Gasteiger partial charge is 0.187 e. The minimum absolute atomic E-state index is 0.619. The third-order valence-corrected chi connectivity index (χ3v) is 0.468. The van der Waals surface area contributed by atoms with Crippen LogP contribution in [-0.4, -0.2) is 7.85 Å². The molecule has 0 saturated heterocycles. The Hall–Kier alpha value is -0.0451. The standard InChI is InChI=1S/C2H5BOS/c1-2(3)4-5/h5H,1,3H2. The number of rotatable bonds is 1. The van der Waals surface area contributed by atoms with Crippen molar-refractivity contribution in [3.05, 3.63) is 12.2 Å². The number of thiol groups is 1. The highest BCUT2D eigenvalue weighted by molar-refractivity contribution is 7.75. The van der Waals surface area contributed by atoms with Crippen molar-refractivity contribution in [3.63, 3.8) is 0 Å². The molecule has 0 aromatic carbocycles. The van der Waals surface area contributed by atoms with Gasteiger partial charge in [-0.25, -0.2) is 0 Å². The Kier molecular flexibility index (Phi) is 2.19. The summed E-state index contributed by atoms with van der Waals surface area (Å²) >= 11 is 3.42. The molecule has 0 spiro atoms. The molecule has 0 aromatic heterocycles. The minimum Gasteiger partial charge on any atom is -0.445 e. The summed E-state index contributed by atoms with van der Waals surface area (Å²) < 4.78 is 4.25. The van der Waals surface area contributed by atoms with Gasteiger partial charge in [-0.1, -0.05) is 6.58 Å². The lowest BCUT2D eigenvalue weighted by Crippen LogP contribution is -1.70. The van der Waals surface area contributed by atoms with Crippen LogP contribution < -0.4 is 0 Å². The predicted octanol–water partition coefficient (Wildman–Crippen LogP) is -0.0479. The van der Waals surface area contributed by atoms with E-state index in [1.165, 1.54) is 0 Å². The van der Waals surface area contributed by atoms with Crippen LogP contribution in [0.5, 0.6) is 0 Å². The van der Waals surface area contributed by atoms with Crippen LogP contribution in [0.15, 0.2) is 12.2 Å². The first-order chi connectivity index (χ1) is 2.27. The summed E-state index contributed by atoms with van der Waals surface area (Å²) in [6.07, 6.45) is 0. The van der Waals surface area contributed by atoms with Gasteiger partial charge in [0, 0.05) is 12.9 Å². The average Bonchev–Trinajstić information content (AvgIpc) is 1.38. The van der Waals surface area contributed by atoms with Gasteiger partial charge in [0.2, 0.25) is 0 Å². The first kappa shape index (κ1) is 4.95. The summed E-state index contributed by atoms with van der Waals surface area (Å²) in [5.74, 6) is 0. The van der Waals surface area contributed by atoms with E-state index in [1.54, 1.807) is 7.85 Å². The van der Waals surface area contributed by atoms with E-state index in [2.05, 4.69) is 23.7 Å². The van der Waals surface area contributed by atoms with Gasteiger partial charge in [-0.15, -0.1) is 0 Å². The average molecular weight is 87.9 g/mol. The van der Waals surface area contributed by atoms with Crippen molar-refractivity contribution >= 4 is 20.8 Å². The van der Waals surface area contributed by atoms with Crippen LogP contribution in [0.25, 0.3) is 0 Å². The fourth-order valence-electron chi connectivity index (χ4n) is 0. The van der Waals surface area contributed by atoms with E-state index in [4.69, 9.17) is 0 Å². The molecular formula is C2H5BOS. The topological polar surface area (TPSA) is 9.23 Å². The van der Waals surface area contributed by atoms with Crippen LogP contribution >= 0.6 is 12.9 Å². The molecule has 0 saturated carbocycles. The summed E-state index contributed by atoms with van der Waals surface area (Å²) in [6, 6.07) is 0. The second-order valence-corrected chi connectivity index (χ2v) is 0.976. The predicted molar refractivity (Wildman–Crippen MR) is 27.8 cm³/mol. The zero-order valence-electron chi connectivity index (χ0n) is 3.06. The van der Waals surface area contributed by atoms with Gasteiger partial charge in [-0.2, -0.15) is 0 Å². The molecule has 0 bridgehead atoms. The molecule has 0 amide bonds. The van der Waals surface area contributed by atoms with Crippen molar-refractivity contribution in [1.29, 1.82) is 0 Å². The maximum absolute atomic E-state index is 4.25. The van der Waals surface area contributed by atoms with Gasteiger partial charge >= 0.3 is 0 Å². The fourth-order valence-corrected chi connectivity index (χ4v) is 0. The van der Waals surface area contributed by atoms with Gasteiger partial charge in [0.15, 0.2) is 7.85 Å². The van der Waals surface area contributed by atoms with Crippen LogP contribution in [0.1, 0.15) is 0 Å². The monoisotopic (exact) mass is 88.0 g/mol. The van der Waals surface area contributed by atoms with Gasteiger partial charge in [-0.3, -0.25) is 0 Å². The van der Waals surface area contributed by atoms with E-state index in [1.807, 2.05) is 0 Å². The Bertz CT molecular complexity index is 44.9. The van der Waals surface area contributed by atoms with Crippen LogP contribution in [0, 0.1) is 0 Å². The van der Waals surface area contributed by atoms with Crippen LogP contribution in [0.3, 0.4) is 0 Å². The van der Waals surface area contributed by atoms with E-state index in [0.29, 0.717) is 5.66 Å². The molecule has 0 aliphatic heterocycles. The lowest BCUT2D eigenvalue weighted by Gasteiger charge is -1.85. The van der Waals surface area contributed by atoms with Crippen molar-refractivity contribution < 1.29 is 4.18 Å². The van der Waals surface area contributed by atoms with Crippen molar-refractivity contribution in [3.8, 4) is 0 Å². The van der Waals surface area contributed by atoms with Crippen molar-refractivity contribution in [2.24, 2.45) is 0 Å². The zero-order chi connectivity index (χ0) is 4.28. The van der Waals surface area contributed by atoms with Crippen molar-refractivity contribution in [1.82, 2.24) is 0 Å². The Morgan fingerprint density at radius 3 is 2.20 bits per heavy atom. The molecule has 0 aliphatic carbocycles. The van der Waals surface area contributed by atoms with Crippen LogP contribution in [-0.2, 0) is 4.18 Å². The van der Waals surface area contributed by atoms with Crippen molar-refractivity contribution in [2.45, 2.75) is 0 Å². The molecule has 28 valence electrons. The molecule has 0 radical (unpaired) electrons. The molecule has 0 fully saturated rings. The quantitative estimate of drug-likeness (QED) is 0.204. The minimum atomic E-state index is 0.619. The summed E-state index contributed by atoms with van der Waals surface area (Å²) in [7, 11) is 1.73. The highest BCUT2D eigenvalue weighted by Crippen LogP contribution is 1.84. The van der Waals surface area contributed by atoms with E-state index in [0.717, 1.165) is 0 Å². The van der Waals surface area contributed by atoms with Crippen LogP contribution in [0.4, 0.5) is 0 Å². The molecule has 0 aliphatic rings. The summed E-state index contributed by atoms with van der Waals surface area (Å²) in [4.78, 5) is 0. The largest absolute Gasteiger partial charge is 0.445 e. The summed E-state index contributed by atoms with van der Waals surface area (Å²) in [6.45, 7) is 3.38. The normalized spacial score (nSPS) is 6.60. The molecule has 0 rings (SSSR count). The maximum atomic E-state index is 4.25. The van der Waals surface area contributed by atoms with E-state index in [-0.39, 0.29) is 0 Å². The number of hydrogen-bond acceptors (Lipinski definition) is 2. The second kappa shape index (κ2) is 2.21. The first-order valence-corrected chi connectivity index (χ1v) is 1.61.